The Kier molecular flexibility index (Phi) is 5.69. The highest BCUT2D eigenvalue weighted by molar-refractivity contribution is 5.22. The summed E-state index contributed by atoms with van der Waals surface area (Å²) in [5.74, 6) is 0. The summed E-state index contributed by atoms with van der Waals surface area (Å²) in [5, 5.41) is 4.27. The minimum atomic E-state index is 0.652. The predicted octanol–water partition coefficient (Wildman–Crippen LogP) is 3.24. The van der Waals surface area contributed by atoms with Gasteiger partial charge in [-0.15, -0.1) is 0 Å². The number of aromatic nitrogens is 2. The first-order valence-corrected chi connectivity index (χ1v) is 9.19. The fourth-order valence-electron chi connectivity index (χ4n) is 3.71. The summed E-state index contributed by atoms with van der Waals surface area (Å²) >= 11 is 0. The molecule has 2 heterocycles. The number of rotatable bonds is 6. The van der Waals surface area contributed by atoms with Crippen LogP contribution < -0.4 is 0 Å². The van der Waals surface area contributed by atoms with Crippen molar-refractivity contribution < 1.29 is 0 Å². The number of piperazine rings is 1. The smallest absolute Gasteiger partial charge is 0.0659 e. The highest BCUT2D eigenvalue weighted by Crippen LogP contribution is 2.18. The zero-order chi connectivity index (χ0) is 16.9. The average molecular weight is 326 g/mol. The zero-order valence-corrected chi connectivity index (χ0v) is 15.2. The predicted molar refractivity (Wildman–Crippen MR) is 99.0 cm³/mol. The molecule has 1 fully saturated rings. The van der Waals surface area contributed by atoms with E-state index in [9.17, 15) is 0 Å². The average Bonchev–Trinajstić information content (AvgIpc) is 3.09. The number of nitrogens with zero attached hydrogens (tertiary/aromatic N) is 4. The third kappa shape index (κ3) is 4.25. The van der Waals surface area contributed by atoms with Crippen molar-refractivity contribution in [2.45, 2.75) is 52.4 Å². The minimum absolute atomic E-state index is 0.652. The van der Waals surface area contributed by atoms with E-state index in [-0.39, 0.29) is 0 Å². The Balaban J connectivity index is 1.56. The van der Waals surface area contributed by atoms with Gasteiger partial charge in [0.1, 0.15) is 0 Å². The summed E-state index contributed by atoms with van der Waals surface area (Å²) in [6.07, 6.45) is 5.07. The van der Waals surface area contributed by atoms with E-state index >= 15 is 0 Å². The van der Waals surface area contributed by atoms with Gasteiger partial charge in [-0.1, -0.05) is 31.2 Å². The van der Waals surface area contributed by atoms with Gasteiger partial charge in [-0.25, -0.2) is 0 Å². The van der Waals surface area contributed by atoms with E-state index in [1.54, 1.807) is 0 Å². The lowest BCUT2D eigenvalue weighted by Crippen LogP contribution is -2.54. The van der Waals surface area contributed by atoms with Crippen LogP contribution in [0, 0.1) is 0 Å². The highest BCUT2D eigenvalue weighted by atomic mass is 15.3. The molecule has 1 saturated heterocycles. The molecule has 3 rings (SSSR count). The van der Waals surface area contributed by atoms with Crippen molar-refractivity contribution in [1.29, 1.82) is 0 Å². The maximum atomic E-state index is 4.27. The first-order valence-electron chi connectivity index (χ1n) is 9.19. The van der Waals surface area contributed by atoms with E-state index in [0.717, 1.165) is 13.1 Å². The SMILES string of the molecule is CC[C@H]1CN(Cc2ccc(Cn3cccn3)cc2)CCN1C(C)C. The molecule has 0 bridgehead atoms. The highest BCUT2D eigenvalue weighted by Gasteiger charge is 2.27. The monoisotopic (exact) mass is 326 g/mol. The summed E-state index contributed by atoms with van der Waals surface area (Å²) in [6.45, 7) is 12.4. The van der Waals surface area contributed by atoms with Gasteiger partial charge in [0.2, 0.25) is 0 Å². The standard InChI is InChI=1S/C20H30N4/c1-4-20-16-22(12-13-24(20)17(2)3)14-18-6-8-19(9-7-18)15-23-11-5-10-21-23/h5-11,17,20H,4,12-16H2,1-3H3/t20-/m0/s1. The van der Waals surface area contributed by atoms with Crippen LogP contribution in [0.5, 0.6) is 0 Å². The molecule has 1 aliphatic heterocycles. The van der Waals surface area contributed by atoms with E-state index in [2.05, 4.69) is 59.9 Å². The minimum Gasteiger partial charge on any atom is -0.296 e. The maximum absolute atomic E-state index is 4.27. The lowest BCUT2D eigenvalue weighted by molar-refractivity contribution is 0.0457. The van der Waals surface area contributed by atoms with Crippen LogP contribution in [0.1, 0.15) is 38.3 Å². The van der Waals surface area contributed by atoms with E-state index < -0.39 is 0 Å². The molecule has 4 heteroatoms. The number of hydrogen-bond acceptors (Lipinski definition) is 3. The molecule has 0 spiro atoms. The third-order valence-corrected chi connectivity index (χ3v) is 5.08. The first-order chi connectivity index (χ1) is 11.7. The molecule has 130 valence electrons. The molecular formula is C20H30N4. The molecule has 1 aromatic carbocycles. The molecule has 1 aliphatic rings. The van der Waals surface area contributed by atoms with Gasteiger partial charge in [-0.3, -0.25) is 14.5 Å². The Hall–Kier alpha value is -1.65. The Morgan fingerprint density at radius 1 is 1.08 bits per heavy atom. The van der Waals surface area contributed by atoms with E-state index in [1.807, 2.05) is 23.1 Å². The zero-order valence-electron chi connectivity index (χ0n) is 15.2. The Labute approximate surface area is 146 Å². The summed E-state index contributed by atoms with van der Waals surface area (Å²) in [4.78, 5) is 5.26. The van der Waals surface area contributed by atoms with E-state index in [4.69, 9.17) is 0 Å². The fourth-order valence-corrected chi connectivity index (χ4v) is 3.71. The molecule has 0 radical (unpaired) electrons. The molecule has 4 nitrogen and oxygen atoms in total. The van der Waals surface area contributed by atoms with E-state index in [0.29, 0.717) is 12.1 Å². The van der Waals surface area contributed by atoms with Crippen molar-refractivity contribution in [2.75, 3.05) is 19.6 Å². The van der Waals surface area contributed by atoms with Crippen molar-refractivity contribution >= 4 is 0 Å². The van der Waals surface area contributed by atoms with Gasteiger partial charge in [-0.05, 0) is 37.5 Å². The van der Waals surface area contributed by atoms with Gasteiger partial charge in [0.15, 0.2) is 0 Å². The van der Waals surface area contributed by atoms with Gasteiger partial charge in [-0.2, -0.15) is 5.10 Å². The Morgan fingerprint density at radius 2 is 1.79 bits per heavy atom. The summed E-state index contributed by atoms with van der Waals surface area (Å²) in [7, 11) is 0. The Bertz CT molecular complexity index is 603. The molecular weight excluding hydrogens is 296 g/mol. The molecule has 24 heavy (non-hydrogen) atoms. The molecule has 0 amide bonds. The summed E-state index contributed by atoms with van der Waals surface area (Å²) < 4.78 is 1.96. The van der Waals surface area contributed by atoms with Crippen LogP contribution in [-0.4, -0.2) is 51.3 Å². The van der Waals surface area contributed by atoms with Crippen molar-refractivity contribution in [1.82, 2.24) is 19.6 Å². The van der Waals surface area contributed by atoms with Gasteiger partial charge >= 0.3 is 0 Å². The van der Waals surface area contributed by atoms with Crippen molar-refractivity contribution in [2.24, 2.45) is 0 Å². The normalized spacial score (nSPS) is 19.9. The number of benzene rings is 1. The van der Waals surface area contributed by atoms with Gasteiger partial charge < -0.3 is 0 Å². The lowest BCUT2D eigenvalue weighted by atomic mass is 10.1. The molecule has 0 aliphatic carbocycles. The molecule has 0 saturated carbocycles. The van der Waals surface area contributed by atoms with Crippen LogP contribution in [0.15, 0.2) is 42.7 Å². The molecule has 0 unspecified atom stereocenters. The van der Waals surface area contributed by atoms with E-state index in [1.165, 1.54) is 37.2 Å². The van der Waals surface area contributed by atoms with Crippen LogP contribution in [0.2, 0.25) is 0 Å². The maximum Gasteiger partial charge on any atom is 0.0659 e. The number of hydrogen-bond donors (Lipinski definition) is 0. The molecule has 0 N–H and O–H groups in total. The van der Waals surface area contributed by atoms with Gasteiger partial charge in [0, 0.05) is 50.7 Å². The van der Waals surface area contributed by atoms with Crippen LogP contribution in [0.4, 0.5) is 0 Å². The second kappa shape index (κ2) is 7.95. The van der Waals surface area contributed by atoms with Crippen LogP contribution in [-0.2, 0) is 13.1 Å². The summed E-state index contributed by atoms with van der Waals surface area (Å²) in [5.41, 5.74) is 2.71. The van der Waals surface area contributed by atoms with Crippen molar-refractivity contribution in [3.05, 3.63) is 53.9 Å². The lowest BCUT2D eigenvalue weighted by Gasteiger charge is -2.43. The van der Waals surface area contributed by atoms with Gasteiger partial charge in [0.25, 0.3) is 0 Å². The van der Waals surface area contributed by atoms with Crippen LogP contribution in [0.3, 0.4) is 0 Å². The third-order valence-electron chi connectivity index (χ3n) is 5.08. The molecule has 2 aromatic rings. The first kappa shape index (κ1) is 17.2. The molecule has 1 atom stereocenters. The summed E-state index contributed by atoms with van der Waals surface area (Å²) in [6, 6.07) is 12.3. The molecule has 1 aromatic heterocycles. The van der Waals surface area contributed by atoms with Gasteiger partial charge in [0.05, 0.1) is 6.54 Å². The van der Waals surface area contributed by atoms with Crippen molar-refractivity contribution in [3.63, 3.8) is 0 Å². The second-order valence-electron chi connectivity index (χ2n) is 7.15. The fraction of sp³-hybridized carbons (Fsp3) is 0.550. The quantitative estimate of drug-likeness (QED) is 0.814. The topological polar surface area (TPSA) is 24.3 Å². The van der Waals surface area contributed by atoms with Crippen LogP contribution >= 0.6 is 0 Å². The van der Waals surface area contributed by atoms with Crippen molar-refractivity contribution in [3.8, 4) is 0 Å². The Morgan fingerprint density at radius 3 is 2.38 bits per heavy atom. The second-order valence-corrected chi connectivity index (χ2v) is 7.15. The largest absolute Gasteiger partial charge is 0.296 e. The van der Waals surface area contributed by atoms with Crippen LogP contribution in [0.25, 0.3) is 0 Å².